The van der Waals surface area contributed by atoms with Gasteiger partial charge in [-0.3, -0.25) is 0 Å². The fourth-order valence-electron chi connectivity index (χ4n) is 2.47. The highest BCUT2D eigenvalue weighted by Crippen LogP contribution is 2.33. The SMILES string of the molecule is COc1ccc(OCCN2CCOc3ccc(N)cc32)cc1. The monoisotopic (exact) mass is 300 g/mol. The van der Waals surface area contributed by atoms with E-state index in [0.717, 1.165) is 41.7 Å². The molecule has 0 aliphatic carbocycles. The summed E-state index contributed by atoms with van der Waals surface area (Å²) in [4.78, 5) is 2.23. The van der Waals surface area contributed by atoms with Gasteiger partial charge in [-0.05, 0) is 42.5 Å². The minimum absolute atomic E-state index is 0.598. The van der Waals surface area contributed by atoms with E-state index < -0.39 is 0 Å². The summed E-state index contributed by atoms with van der Waals surface area (Å²) in [6.07, 6.45) is 0. The summed E-state index contributed by atoms with van der Waals surface area (Å²) in [6.45, 7) is 2.90. The summed E-state index contributed by atoms with van der Waals surface area (Å²) < 4.78 is 16.6. The number of hydrogen-bond acceptors (Lipinski definition) is 5. The van der Waals surface area contributed by atoms with E-state index in [4.69, 9.17) is 19.9 Å². The van der Waals surface area contributed by atoms with E-state index >= 15 is 0 Å². The Kier molecular flexibility index (Phi) is 4.23. The zero-order valence-electron chi connectivity index (χ0n) is 12.6. The molecular formula is C17H20N2O3. The zero-order valence-corrected chi connectivity index (χ0v) is 12.6. The van der Waals surface area contributed by atoms with E-state index in [1.165, 1.54) is 0 Å². The highest BCUT2D eigenvalue weighted by atomic mass is 16.5. The summed E-state index contributed by atoms with van der Waals surface area (Å²) >= 11 is 0. The van der Waals surface area contributed by atoms with Gasteiger partial charge in [0.05, 0.1) is 25.9 Å². The number of nitrogen functional groups attached to an aromatic ring is 1. The Labute approximate surface area is 130 Å². The number of hydrogen-bond donors (Lipinski definition) is 1. The molecule has 0 atom stereocenters. The molecule has 1 aliphatic heterocycles. The molecule has 2 aromatic rings. The zero-order chi connectivity index (χ0) is 15.4. The maximum absolute atomic E-state index is 5.87. The molecule has 1 aliphatic rings. The quantitative estimate of drug-likeness (QED) is 0.860. The second kappa shape index (κ2) is 6.47. The Morgan fingerprint density at radius 1 is 1.14 bits per heavy atom. The molecule has 0 spiro atoms. The lowest BCUT2D eigenvalue weighted by molar-refractivity contribution is 0.288. The third-order valence-electron chi connectivity index (χ3n) is 3.63. The normalized spacial score (nSPS) is 13.2. The minimum Gasteiger partial charge on any atom is -0.497 e. The molecular weight excluding hydrogens is 280 g/mol. The van der Waals surface area contributed by atoms with Gasteiger partial charge in [0.15, 0.2) is 0 Å². The van der Waals surface area contributed by atoms with E-state index in [1.54, 1.807) is 7.11 Å². The van der Waals surface area contributed by atoms with Crippen molar-refractivity contribution in [1.82, 2.24) is 0 Å². The lowest BCUT2D eigenvalue weighted by Gasteiger charge is -2.31. The molecule has 2 N–H and O–H groups in total. The van der Waals surface area contributed by atoms with Crippen molar-refractivity contribution in [2.45, 2.75) is 0 Å². The fraction of sp³-hybridized carbons (Fsp3) is 0.294. The molecule has 0 fully saturated rings. The Morgan fingerprint density at radius 2 is 1.91 bits per heavy atom. The Bertz CT molecular complexity index is 628. The van der Waals surface area contributed by atoms with Crippen molar-refractivity contribution in [2.75, 3.05) is 44.0 Å². The van der Waals surface area contributed by atoms with Crippen molar-refractivity contribution in [2.24, 2.45) is 0 Å². The number of rotatable bonds is 5. The fourth-order valence-corrected chi connectivity index (χ4v) is 2.47. The van der Waals surface area contributed by atoms with Crippen LogP contribution in [0.15, 0.2) is 42.5 Å². The molecule has 0 unspecified atom stereocenters. The molecule has 5 heteroatoms. The molecule has 0 saturated carbocycles. The van der Waals surface area contributed by atoms with Crippen molar-refractivity contribution in [3.63, 3.8) is 0 Å². The summed E-state index contributed by atoms with van der Waals surface area (Å²) in [7, 11) is 1.65. The van der Waals surface area contributed by atoms with Crippen LogP contribution in [-0.4, -0.2) is 33.4 Å². The van der Waals surface area contributed by atoms with E-state index in [0.29, 0.717) is 13.2 Å². The lowest BCUT2D eigenvalue weighted by Crippen LogP contribution is -2.35. The third-order valence-corrected chi connectivity index (χ3v) is 3.63. The van der Waals surface area contributed by atoms with Crippen molar-refractivity contribution < 1.29 is 14.2 Å². The van der Waals surface area contributed by atoms with Crippen LogP contribution in [0.25, 0.3) is 0 Å². The second-order valence-electron chi connectivity index (χ2n) is 5.09. The van der Waals surface area contributed by atoms with Crippen LogP contribution in [0.4, 0.5) is 11.4 Å². The number of nitrogens with zero attached hydrogens (tertiary/aromatic N) is 1. The van der Waals surface area contributed by atoms with E-state index in [1.807, 2.05) is 42.5 Å². The maximum atomic E-state index is 5.87. The second-order valence-corrected chi connectivity index (χ2v) is 5.09. The number of nitrogens with two attached hydrogens (primary N) is 1. The lowest BCUT2D eigenvalue weighted by atomic mass is 10.2. The number of fused-ring (bicyclic) bond motifs is 1. The summed E-state index contributed by atoms with van der Waals surface area (Å²) in [5.41, 5.74) is 7.64. The molecule has 22 heavy (non-hydrogen) atoms. The largest absolute Gasteiger partial charge is 0.497 e. The Morgan fingerprint density at radius 3 is 2.68 bits per heavy atom. The molecule has 0 aromatic heterocycles. The van der Waals surface area contributed by atoms with Crippen molar-refractivity contribution in [3.8, 4) is 17.2 Å². The number of benzene rings is 2. The molecule has 1 heterocycles. The summed E-state index contributed by atoms with van der Waals surface area (Å²) in [5.74, 6) is 2.54. The van der Waals surface area contributed by atoms with Crippen LogP contribution < -0.4 is 24.8 Å². The number of methoxy groups -OCH3 is 1. The van der Waals surface area contributed by atoms with Gasteiger partial charge in [-0.25, -0.2) is 0 Å². The van der Waals surface area contributed by atoms with Crippen LogP contribution in [0.5, 0.6) is 17.2 Å². The van der Waals surface area contributed by atoms with E-state index in [-0.39, 0.29) is 0 Å². The average molecular weight is 300 g/mol. The Balaban J connectivity index is 1.59. The van der Waals surface area contributed by atoms with Crippen LogP contribution >= 0.6 is 0 Å². The predicted molar refractivity (Wildman–Crippen MR) is 87.1 cm³/mol. The minimum atomic E-state index is 0.598. The first-order valence-electron chi connectivity index (χ1n) is 7.30. The smallest absolute Gasteiger partial charge is 0.142 e. The number of anilines is 2. The van der Waals surface area contributed by atoms with Crippen LogP contribution in [0.2, 0.25) is 0 Å². The molecule has 3 rings (SSSR count). The first kappa shape index (κ1) is 14.4. The molecule has 2 aromatic carbocycles. The highest BCUT2D eigenvalue weighted by molar-refractivity contribution is 5.66. The van der Waals surface area contributed by atoms with Gasteiger partial charge in [-0.15, -0.1) is 0 Å². The highest BCUT2D eigenvalue weighted by Gasteiger charge is 2.17. The van der Waals surface area contributed by atoms with Crippen LogP contribution in [0.1, 0.15) is 0 Å². The maximum Gasteiger partial charge on any atom is 0.142 e. The van der Waals surface area contributed by atoms with Gasteiger partial charge in [0.25, 0.3) is 0 Å². The van der Waals surface area contributed by atoms with E-state index in [9.17, 15) is 0 Å². The van der Waals surface area contributed by atoms with Gasteiger partial charge in [0.1, 0.15) is 30.5 Å². The average Bonchev–Trinajstić information content (AvgIpc) is 2.56. The van der Waals surface area contributed by atoms with Gasteiger partial charge < -0.3 is 24.8 Å². The van der Waals surface area contributed by atoms with Crippen molar-refractivity contribution >= 4 is 11.4 Å². The molecule has 116 valence electrons. The molecule has 0 bridgehead atoms. The van der Waals surface area contributed by atoms with Gasteiger partial charge in [-0.1, -0.05) is 0 Å². The Hall–Kier alpha value is -2.56. The first-order chi connectivity index (χ1) is 10.8. The van der Waals surface area contributed by atoms with Crippen LogP contribution in [0.3, 0.4) is 0 Å². The summed E-state index contributed by atoms with van der Waals surface area (Å²) in [5, 5.41) is 0. The number of ether oxygens (including phenoxy) is 3. The van der Waals surface area contributed by atoms with Gasteiger partial charge >= 0.3 is 0 Å². The molecule has 0 amide bonds. The topological polar surface area (TPSA) is 57.0 Å². The van der Waals surface area contributed by atoms with Crippen molar-refractivity contribution in [3.05, 3.63) is 42.5 Å². The third kappa shape index (κ3) is 3.19. The summed E-state index contributed by atoms with van der Waals surface area (Å²) in [6, 6.07) is 13.3. The van der Waals surface area contributed by atoms with Crippen molar-refractivity contribution in [1.29, 1.82) is 0 Å². The standard InChI is InChI=1S/C17H20N2O3/c1-20-14-3-5-15(6-4-14)21-10-8-19-9-11-22-17-7-2-13(18)12-16(17)19/h2-7,12H,8-11,18H2,1H3. The molecule has 0 radical (unpaired) electrons. The molecule has 5 nitrogen and oxygen atoms in total. The van der Waals surface area contributed by atoms with E-state index in [2.05, 4.69) is 4.90 Å². The van der Waals surface area contributed by atoms with Gasteiger partial charge in [-0.2, -0.15) is 0 Å². The molecule has 0 saturated heterocycles. The van der Waals surface area contributed by atoms with Crippen LogP contribution in [0, 0.1) is 0 Å². The van der Waals surface area contributed by atoms with Gasteiger partial charge in [0.2, 0.25) is 0 Å². The van der Waals surface area contributed by atoms with Gasteiger partial charge in [0, 0.05) is 5.69 Å². The van der Waals surface area contributed by atoms with Crippen LogP contribution in [-0.2, 0) is 0 Å². The first-order valence-corrected chi connectivity index (χ1v) is 7.30. The predicted octanol–water partition coefficient (Wildman–Crippen LogP) is 2.56.